The first-order valence-corrected chi connectivity index (χ1v) is 10.8. The molecule has 7 nitrogen and oxygen atoms in total. The van der Waals surface area contributed by atoms with Gasteiger partial charge in [0, 0.05) is 6.42 Å². The van der Waals surface area contributed by atoms with Crippen LogP contribution >= 0.6 is 0 Å². The van der Waals surface area contributed by atoms with Gasteiger partial charge in [0.15, 0.2) is 0 Å². The smallest absolute Gasteiger partial charge is 0.323 e. The Morgan fingerprint density at radius 1 is 1.10 bits per heavy atom. The van der Waals surface area contributed by atoms with Crippen molar-refractivity contribution in [3.8, 4) is 0 Å². The number of nitrogens with two attached hydrogens (primary N) is 1. The lowest BCUT2D eigenvalue weighted by molar-refractivity contribution is -0.167. The summed E-state index contributed by atoms with van der Waals surface area (Å²) in [4.78, 5) is 24.3. The van der Waals surface area contributed by atoms with Crippen molar-refractivity contribution in [1.82, 2.24) is 0 Å². The fourth-order valence-electron chi connectivity index (χ4n) is 3.21. The fraction of sp³-hybridized carbons (Fsp3) is 0.667. The van der Waals surface area contributed by atoms with Crippen molar-refractivity contribution < 1.29 is 29.3 Å². The second-order valence-corrected chi connectivity index (χ2v) is 9.87. The Kier molecular flexibility index (Phi) is 10.1. The van der Waals surface area contributed by atoms with E-state index in [1.807, 2.05) is 44.2 Å². The monoisotopic (exact) mass is 437 g/mol. The van der Waals surface area contributed by atoms with E-state index < -0.39 is 35.1 Å². The van der Waals surface area contributed by atoms with Gasteiger partial charge in [-0.3, -0.25) is 9.59 Å². The fourth-order valence-corrected chi connectivity index (χ4v) is 3.21. The molecule has 176 valence electrons. The van der Waals surface area contributed by atoms with Crippen molar-refractivity contribution in [2.75, 3.05) is 6.61 Å². The molecule has 0 aliphatic rings. The van der Waals surface area contributed by atoms with Crippen LogP contribution in [0.3, 0.4) is 0 Å². The Morgan fingerprint density at radius 2 is 1.68 bits per heavy atom. The van der Waals surface area contributed by atoms with Crippen molar-refractivity contribution in [3.05, 3.63) is 35.9 Å². The number of aliphatic hydroxyl groups excluding tert-OH is 1. The van der Waals surface area contributed by atoms with Gasteiger partial charge in [-0.25, -0.2) is 0 Å². The maximum absolute atomic E-state index is 12.9. The third kappa shape index (κ3) is 9.80. The number of rotatable bonds is 12. The maximum Gasteiger partial charge on any atom is 0.323 e. The SMILES string of the molecule is CC(C)[C@@H](COCc1ccccc1)C[C@H](C(=O)OC(C)(C)C)[C@@H](O)CC(C)(N)C(=O)O. The molecule has 0 aromatic heterocycles. The molecular formula is C24H39NO6. The van der Waals surface area contributed by atoms with Gasteiger partial charge in [-0.05, 0) is 51.5 Å². The van der Waals surface area contributed by atoms with E-state index in [1.54, 1.807) is 20.8 Å². The second kappa shape index (κ2) is 11.6. The zero-order valence-corrected chi connectivity index (χ0v) is 19.6. The minimum Gasteiger partial charge on any atom is -0.480 e. The van der Waals surface area contributed by atoms with E-state index >= 15 is 0 Å². The first kappa shape index (κ1) is 27.1. The molecule has 31 heavy (non-hydrogen) atoms. The number of hydrogen-bond acceptors (Lipinski definition) is 6. The molecule has 0 radical (unpaired) electrons. The average molecular weight is 438 g/mol. The normalized spacial score (nSPS) is 16.9. The second-order valence-electron chi connectivity index (χ2n) is 9.87. The van der Waals surface area contributed by atoms with E-state index in [9.17, 15) is 19.8 Å². The molecule has 1 rings (SSSR count). The lowest BCUT2D eigenvalue weighted by Gasteiger charge is -2.32. The molecule has 0 spiro atoms. The van der Waals surface area contributed by atoms with Gasteiger partial charge in [0.2, 0.25) is 0 Å². The molecule has 1 aromatic carbocycles. The molecule has 0 saturated carbocycles. The van der Waals surface area contributed by atoms with E-state index in [0.29, 0.717) is 19.6 Å². The van der Waals surface area contributed by atoms with Crippen LogP contribution in [0.2, 0.25) is 0 Å². The summed E-state index contributed by atoms with van der Waals surface area (Å²) in [5, 5.41) is 20.1. The van der Waals surface area contributed by atoms with Crippen molar-refractivity contribution in [2.45, 2.75) is 78.2 Å². The number of carboxylic acid groups (broad SMARTS) is 1. The molecule has 0 saturated heterocycles. The molecule has 0 amide bonds. The van der Waals surface area contributed by atoms with Crippen LogP contribution in [-0.4, -0.2) is 46.0 Å². The number of carbonyl (C=O) groups excluding carboxylic acids is 1. The van der Waals surface area contributed by atoms with Crippen LogP contribution in [0.5, 0.6) is 0 Å². The first-order valence-electron chi connectivity index (χ1n) is 10.8. The molecule has 1 unspecified atom stereocenters. The summed E-state index contributed by atoms with van der Waals surface area (Å²) >= 11 is 0. The minimum atomic E-state index is -1.66. The van der Waals surface area contributed by atoms with E-state index in [2.05, 4.69) is 0 Å². The molecule has 0 aliphatic heterocycles. The van der Waals surface area contributed by atoms with Crippen LogP contribution < -0.4 is 5.73 Å². The summed E-state index contributed by atoms with van der Waals surface area (Å²) < 4.78 is 11.4. The van der Waals surface area contributed by atoms with Crippen LogP contribution in [0.4, 0.5) is 0 Å². The highest BCUT2D eigenvalue weighted by Crippen LogP contribution is 2.29. The first-order chi connectivity index (χ1) is 14.2. The standard InChI is InChI=1S/C24H39NO6/c1-16(2)18(15-30-14-17-10-8-7-9-11-17)12-19(21(27)31-23(3,4)5)20(26)13-24(6,25)22(28)29/h7-11,16,18-20,26H,12-15,25H2,1-6H3,(H,28,29)/t18-,19+,20+,24?/m1/s1. The minimum absolute atomic E-state index is 0.0373. The molecule has 4 N–H and O–H groups in total. The van der Waals surface area contributed by atoms with Crippen molar-refractivity contribution in [3.63, 3.8) is 0 Å². The molecule has 4 atom stereocenters. The van der Waals surface area contributed by atoms with Gasteiger partial charge in [-0.2, -0.15) is 0 Å². The van der Waals surface area contributed by atoms with E-state index in [1.165, 1.54) is 6.92 Å². The van der Waals surface area contributed by atoms with Crippen LogP contribution in [0.25, 0.3) is 0 Å². The van der Waals surface area contributed by atoms with Gasteiger partial charge in [0.05, 0.1) is 25.2 Å². The van der Waals surface area contributed by atoms with E-state index in [0.717, 1.165) is 5.56 Å². The Bertz CT molecular complexity index is 696. The molecule has 0 aliphatic carbocycles. The third-order valence-corrected chi connectivity index (χ3v) is 5.24. The Morgan fingerprint density at radius 3 is 2.16 bits per heavy atom. The maximum atomic E-state index is 12.9. The molecule has 1 aromatic rings. The predicted octanol–water partition coefficient (Wildman–Crippen LogP) is 3.38. The van der Waals surface area contributed by atoms with Gasteiger partial charge in [-0.1, -0.05) is 44.2 Å². The molecule has 0 heterocycles. The Balaban J connectivity index is 2.94. The average Bonchev–Trinajstić information content (AvgIpc) is 2.62. The molecule has 7 heteroatoms. The highest BCUT2D eigenvalue weighted by molar-refractivity contribution is 5.78. The summed E-state index contributed by atoms with van der Waals surface area (Å²) in [6, 6.07) is 9.78. The highest BCUT2D eigenvalue weighted by Gasteiger charge is 2.39. The number of ether oxygens (including phenoxy) is 2. The van der Waals surface area contributed by atoms with Crippen molar-refractivity contribution in [1.29, 1.82) is 0 Å². The van der Waals surface area contributed by atoms with E-state index in [-0.39, 0.29) is 18.3 Å². The van der Waals surface area contributed by atoms with Crippen LogP contribution in [0.15, 0.2) is 30.3 Å². The predicted molar refractivity (Wildman–Crippen MR) is 119 cm³/mol. The molecular weight excluding hydrogens is 398 g/mol. The van der Waals surface area contributed by atoms with Crippen molar-refractivity contribution >= 4 is 11.9 Å². The van der Waals surface area contributed by atoms with Gasteiger partial charge < -0.3 is 25.4 Å². The van der Waals surface area contributed by atoms with E-state index in [4.69, 9.17) is 15.2 Å². The summed E-state index contributed by atoms with van der Waals surface area (Å²) in [6.45, 7) is 11.5. The van der Waals surface area contributed by atoms with Gasteiger partial charge in [0.1, 0.15) is 11.1 Å². The zero-order valence-electron chi connectivity index (χ0n) is 19.6. The summed E-state index contributed by atoms with van der Waals surface area (Å²) in [7, 11) is 0. The molecule has 0 fully saturated rings. The lowest BCUT2D eigenvalue weighted by atomic mass is 9.81. The number of carboxylic acids is 1. The topological polar surface area (TPSA) is 119 Å². The largest absolute Gasteiger partial charge is 0.480 e. The lowest BCUT2D eigenvalue weighted by Crippen LogP contribution is -2.50. The summed E-state index contributed by atoms with van der Waals surface area (Å²) in [5.74, 6) is -2.56. The van der Waals surface area contributed by atoms with Crippen LogP contribution in [-0.2, 0) is 25.7 Å². The zero-order chi connectivity index (χ0) is 23.8. The molecule has 0 bridgehead atoms. The Labute approximate surface area is 185 Å². The van der Waals surface area contributed by atoms with Gasteiger partial charge in [-0.15, -0.1) is 0 Å². The number of carbonyl (C=O) groups is 2. The highest BCUT2D eigenvalue weighted by atomic mass is 16.6. The van der Waals surface area contributed by atoms with Crippen LogP contribution in [0.1, 0.15) is 59.9 Å². The Hall–Kier alpha value is -1.96. The summed E-state index contributed by atoms with van der Waals surface area (Å²) in [6.07, 6.45) is -1.21. The quantitative estimate of drug-likeness (QED) is 0.429. The third-order valence-electron chi connectivity index (χ3n) is 5.24. The number of benzene rings is 1. The van der Waals surface area contributed by atoms with Gasteiger partial charge in [0.25, 0.3) is 0 Å². The number of aliphatic carboxylic acids is 1. The number of esters is 1. The van der Waals surface area contributed by atoms with Gasteiger partial charge >= 0.3 is 11.9 Å². The summed E-state index contributed by atoms with van der Waals surface area (Å²) in [5.41, 5.74) is 4.49. The number of hydrogen-bond donors (Lipinski definition) is 3. The number of aliphatic hydroxyl groups is 1. The van der Waals surface area contributed by atoms with Crippen LogP contribution in [0, 0.1) is 17.8 Å². The van der Waals surface area contributed by atoms with Crippen molar-refractivity contribution in [2.24, 2.45) is 23.5 Å².